The zero-order valence-corrected chi connectivity index (χ0v) is 11.3. The van der Waals surface area contributed by atoms with Gasteiger partial charge in [-0.25, -0.2) is 0 Å². The summed E-state index contributed by atoms with van der Waals surface area (Å²) in [6, 6.07) is 5.67. The van der Waals surface area contributed by atoms with Crippen LogP contribution in [0.2, 0.25) is 0 Å². The molecule has 0 fully saturated rings. The van der Waals surface area contributed by atoms with Crippen LogP contribution in [0.25, 0.3) is 0 Å². The number of benzene rings is 1. The predicted molar refractivity (Wildman–Crippen MR) is 73.5 cm³/mol. The minimum Gasteiger partial charge on any atom is -0.393 e. The standard InChI is InChI=1S/C11H13BrN2OS/c1-7-2-3-8(6-9(7)12)14-11(15)5-4-10(13)16/h2-3,6H,4-5H2,1H3,(H2,13,16)(H,14,15). The zero-order valence-electron chi connectivity index (χ0n) is 8.92. The lowest BCUT2D eigenvalue weighted by Crippen LogP contribution is -2.16. The molecular weight excluding hydrogens is 288 g/mol. The van der Waals surface area contributed by atoms with Crippen LogP contribution in [0.15, 0.2) is 22.7 Å². The molecular formula is C11H13BrN2OS. The van der Waals surface area contributed by atoms with E-state index in [-0.39, 0.29) is 5.91 Å². The third-order valence-electron chi connectivity index (χ3n) is 2.05. The number of halogens is 1. The van der Waals surface area contributed by atoms with Gasteiger partial charge in [-0.3, -0.25) is 4.79 Å². The van der Waals surface area contributed by atoms with E-state index in [0.717, 1.165) is 15.7 Å². The minimum absolute atomic E-state index is 0.0800. The molecule has 0 aromatic heterocycles. The van der Waals surface area contributed by atoms with E-state index >= 15 is 0 Å². The smallest absolute Gasteiger partial charge is 0.224 e. The lowest BCUT2D eigenvalue weighted by molar-refractivity contribution is -0.116. The third-order valence-corrected chi connectivity index (χ3v) is 3.11. The van der Waals surface area contributed by atoms with Crippen LogP contribution in [-0.2, 0) is 4.79 Å². The van der Waals surface area contributed by atoms with E-state index in [1.807, 2.05) is 25.1 Å². The molecule has 0 unspecified atom stereocenters. The van der Waals surface area contributed by atoms with Crippen molar-refractivity contribution in [3.8, 4) is 0 Å². The number of hydrogen-bond donors (Lipinski definition) is 2. The first kappa shape index (κ1) is 13.1. The Bertz CT molecular complexity index is 420. The molecule has 3 N–H and O–H groups in total. The fourth-order valence-corrected chi connectivity index (χ4v) is 1.61. The maximum Gasteiger partial charge on any atom is 0.224 e. The van der Waals surface area contributed by atoms with Gasteiger partial charge in [0.25, 0.3) is 0 Å². The average molecular weight is 301 g/mol. The zero-order chi connectivity index (χ0) is 12.1. The van der Waals surface area contributed by atoms with E-state index in [0.29, 0.717) is 17.8 Å². The number of aryl methyl sites for hydroxylation is 1. The lowest BCUT2D eigenvalue weighted by Gasteiger charge is -2.06. The number of rotatable bonds is 4. The molecule has 0 aliphatic rings. The SMILES string of the molecule is Cc1ccc(NC(=O)CCC(N)=S)cc1Br. The topological polar surface area (TPSA) is 55.1 Å². The highest BCUT2D eigenvalue weighted by Gasteiger charge is 2.04. The predicted octanol–water partition coefficient (Wildman–Crippen LogP) is 2.76. The Labute approximate surface area is 109 Å². The molecule has 0 atom stereocenters. The lowest BCUT2D eigenvalue weighted by atomic mass is 10.2. The van der Waals surface area contributed by atoms with E-state index in [1.54, 1.807) is 0 Å². The summed E-state index contributed by atoms with van der Waals surface area (Å²) in [5.74, 6) is -0.0800. The average Bonchev–Trinajstić information content (AvgIpc) is 2.21. The fraction of sp³-hybridized carbons (Fsp3) is 0.273. The van der Waals surface area contributed by atoms with Crippen molar-refractivity contribution in [3.05, 3.63) is 28.2 Å². The highest BCUT2D eigenvalue weighted by Crippen LogP contribution is 2.20. The van der Waals surface area contributed by atoms with E-state index in [9.17, 15) is 4.79 Å². The molecule has 0 radical (unpaired) electrons. The molecule has 0 heterocycles. The number of nitrogens with one attached hydrogen (secondary N) is 1. The van der Waals surface area contributed by atoms with Crippen molar-refractivity contribution in [1.29, 1.82) is 0 Å². The van der Waals surface area contributed by atoms with Crippen molar-refractivity contribution >= 4 is 44.7 Å². The largest absolute Gasteiger partial charge is 0.393 e. The molecule has 86 valence electrons. The van der Waals surface area contributed by atoms with Crippen LogP contribution in [0.1, 0.15) is 18.4 Å². The van der Waals surface area contributed by atoms with Gasteiger partial charge in [0.05, 0.1) is 4.99 Å². The molecule has 1 aromatic rings. The molecule has 0 spiro atoms. The third kappa shape index (κ3) is 4.28. The number of carbonyl (C=O) groups excluding carboxylic acids is 1. The maximum absolute atomic E-state index is 11.5. The van der Waals surface area contributed by atoms with Crippen LogP contribution in [0.5, 0.6) is 0 Å². The van der Waals surface area contributed by atoms with Gasteiger partial charge in [-0.1, -0.05) is 34.2 Å². The molecule has 0 saturated carbocycles. The molecule has 1 amide bonds. The molecule has 0 aliphatic carbocycles. The van der Waals surface area contributed by atoms with Crippen molar-refractivity contribution < 1.29 is 4.79 Å². The Morgan fingerprint density at radius 1 is 1.50 bits per heavy atom. The van der Waals surface area contributed by atoms with Crippen LogP contribution >= 0.6 is 28.1 Å². The molecule has 3 nitrogen and oxygen atoms in total. The summed E-state index contributed by atoms with van der Waals surface area (Å²) in [4.78, 5) is 11.8. The van der Waals surface area contributed by atoms with Crippen LogP contribution < -0.4 is 11.1 Å². The quantitative estimate of drug-likeness (QED) is 0.841. The van der Waals surface area contributed by atoms with Crippen LogP contribution in [0, 0.1) is 6.92 Å². The van der Waals surface area contributed by atoms with Crippen molar-refractivity contribution in [3.63, 3.8) is 0 Å². The van der Waals surface area contributed by atoms with Crippen LogP contribution in [-0.4, -0.2) is 10.9 Å². The molecule has 0 saturated heterocycles. The molecule has 1 rings (SSSR count). The first-order chi connectivity index (χ1) is 7.49. The maximum atomic E-state index is 11.5. The van der Waals surface area contributed by atoms with Crippen molar-refractivity contribution in [2.24, 2.45) is 5.73 Å². The second kappa shape index (κ2) is 5.96. The summed E-state index contributed by atoms with van der Waals surface area (Å²) < 4.78 is 0.972. The van der Waals surface area contributed by atoms with Gasteiger partial charge in [0.15, 0.2) is 0 Å². The summed E-state index contributed by atoms with van der Waals surface area (Å²) >= 11 is 8.11. The fourth-order valence-electron chi connectivity index (χ4n) is 1.13. The summed E-state index contributed by atoms with van der Waals surface area (Å²) in [5.41, 5.74) is 7.22. The molecule has 0 aliphatic heterocycles. The van der Waals surface area contributed by atoms with Crippen molar-refractivity contribution in [2.45, 2.75) is 19.8 Å². The van der Waals surface area contributed by atoms with Gasteiger partial charge >= 0.3 is 0 Å². The van der Waals surface area contributed by atoms with Crippen LogP contribution in [0.3, 0.4) is 0 Å². The summed E-state index contributed by atoms with van der Waals surface area (Å²) in [6.45, 7) is 1.99. The summed E-state index contributed by atoms with van der Waals surface area (Å²) in [6.07, 6.45) is 0.759. The Balaban J connectivity index is 2.56. The summed E-state index contributed by atoms with van der Waals surface area (Å²) in [7, 11) is 0. The minimum atomic E-state index is -0.0800. The van der Waals surface area contributed by atoms with E-state index in [1.165, 1.54) is 0 Å². The van der Waals surface area contributed by atoms with Gasteiger partial charge in [0, 0.05) is 23.0 Å². The van der Waals surface area contributed by atoms with Gasteiger partial charge in [-0.05, 0) is 24.6 Å². The summed E-state index contributed by atoms with van der Waals surface area (Å²) in [5, 5.41) is 2.78. The monoisotopic (exact) mass is 300 g/mol. The van der Waals surface area contributed by atoms with E-state index in [2.05, 4.69) is 21.2 Å². The molecule has 16 heavy (non-hydrogen) atoms. The number of amides is 1. The number of thiocarbonyl (C=S) groups is 1. The Morgan fingerprint density at radius 3 is 2.75 bits per heavy atom. The van der Waals surface area contributed by atoms with E-state index < -0.39 is 0 Å². The highest BCUT2D eigenvalue weighted by atomic mass is 79.9. The van der Waals surface area contributed by atoms with Crippen molar-refractivity contribution in [2.75, 3.05) is 5.32 Å². The number of anilines is 1. The van der Waals surface area contributed by atoms with Crippen molar-refractivity contribution in [1.82, 2.24) is 0 Å². The van der Waals surface area contributed by atoms with Gasteiger partial charge < -0.3 is 11.1 Å². The second-order valence-corrected chi connectivity index (χ2v) is 4.86. The Morgan fingerprint density at radius 2 is 2.19 bits per heavy atom. The first-order valence-electron chi connectivity index (χ1n) is 4.83. The Hall–Kier alpha value is -0.940. The van der Waals surface area contributed by atoms with Gasteiger partial charge in [0.1, 0.15) is 0 Å². The molecule has 1 aromatic carbocycles. The number of hydrogen-bond acceptors (Lipinski definition) is 2. The number of nitrogens with two attached hydrogens (primary N) is 1. The first-order valence-corrected chi connectivity index (χ1v) is 6.03. The second-order valence-electron chi connectivity index (χ2n) is 3.48. The van der Waals surface area contributed by atoms with Gasteiger partial charge in [-0.15, -0.1) is 0 Å². The Kier molecular flexibility index (Phi) is 4.89. The van der Waals surface area contributed by atoms with Gasteiger partial charge in [0.2, 0.25) is 5.91 Å². The van der Waals surface area contributed by atoms with Crippen LogP contribution in [0.4, 0.5) is 5.69 Å². The molecule has 0 bridgehead atoms. The number of carbonyl (C=O) groups is 1. The molecule has 5 heteroatoms. The normalized spacial score (nSPS) is 9.88. The highest BCUT2D eigenvalue weighted by molar-refractivity contribution is 9.10. The van der Waals surface area contributed by atoms with E-state index in [4.69, 9.17) is 18.0 Å². The van der Waals surface area contributed by atoms with Gasteiger partial charge in [-0.2, -0.15) is 0 Å².